The van der Waals surface area contributed by atoms with Crippen LogP contribution in [0.15, 0.2) is 29.6 Å². The molecule has 4 heteroatoms. The van der Waals surface area contributed by atoms with Gasteiger partial charge in [0.05, 0.1) is 10.6 Å². The van der Waals surface area contributed by atoms with Crippen LogP contribution >= 0.6 is 11.3 Å². The Kier molecular flexibility index (Phi) is 4.45. The molecule has 0 aliphatic carbocycles. The molecule has 3 N–H and O–H groups in total. The summed E-state index contributed by atoms with van der Waals surface area (Å²) in [5.74, 6) is 0.397. The zero-order chi connectivity index (χ0) is 14.7. The van der Waals surface area contributed by atoms with Gasteiger partial charge >= 0.3 is 0 Å². The lowest BCUT2D eigenvalue weighted by atomic mass is 9.98. The average molecular weight is 288 g/mol. The molecule has 1 heterocycles. The number of thiophene rings is 1. The first-order chi connectivity index (χ1) is 9.54. The van der Waals surface area contributed by atoms with E-state index in [0.717, 1.165) is 11.1 Å². The van der Waals surface area contributed by atoms with Crippen LogP contribution in [0.2, 0.25) is 0 Å². The van der Waals surface area contributed by atoms with Gasteiger partial charge in [0.2, 0.25) is 0 Å². The fourth-order valence-corrected chi connectivity index (χ4v) is 2.94. The van der Waals surface area contributed by atoms with Crippen LogP contribution in [0.3, 0.4) is 0 Å². The van der Waals surface area contributed by atoms with Crippen molar-refractivity contribution >= 4 is 22.2 Å². The molecule has 0 saturated heterocycles. The van der Waals surface area contributed by atoms with Crippen molar-refractivity contribution in [2.24, 2.45) is 0 Å². The molecule has 0 aliphatic heterocycles. The summed E-state index contributed by atoms with van der Waals surface area (Å²) in [4.78, 5) is 12.1. The minimum absolute atomic E-state index is 0.103. The maximum atomic E-state index is 12.1. The van der Waals surface area contributed by atoms with Gasteiger partial charge in [0.25, 0.3) is 5.91 Å². The third-order valence-corrected chi connectivity index (χ3v) is 4.08. The van der Waals surface area contributed by atoms with Gasteiger partial charge in [-0.25, -0.2) is 0 Å². The van der Waals surface area contributed by atoms with Crippen LogP contribution in [0, 0.1) is 0 Å². The number of carbonyl (C=O) groups is 1. The van der Waals surface area contributed by atoms with Crippen LogP contribution in [-0.2, 0) is 0 Å². The Balaban J connectivity index is 2.40. The molecular weight excluding hydrogens is 268 g/mol. The van der Waals surface area contributed by atoms with Crippen molar-refractivity contribution in [1.29, 1.82) is 0 Å². The first-order valence-corrected chi connectivity index (χ1v) is 7.68. The highest BCUT2D eigenvalue weighted by atomic mass is 32.1. The summed E-state index contributed by atoms with van der Waals surface area (Å²) in [6.45, 7) is 6.83. The fraction of sp³-hybridized carbons (Fsp3) is 0.312. The van der Waals surface area contributed by atoms with Crippen LogP contribution in [-0.4, -0.2) is 12.5 Å². The molecule has 2 rings (SSSR count). The summed E-state index contributed by atoms with van der Waals surface area (Å²) in [5, 5.41) is 5.33. The monoisotopic (exact) mass is 288 g/mol. The minimum Gasteiger partial charge on any atom is -0.390 e. The van der Waals surface area contributed by atoms with Crippen molar-refractivity contribution in [1.82, 2.24) is 5.32 Å². The number of hydrogen-bond acceptors (Lipinski definition) is 3. The highest BCUT2D eigenvalue weighted by molar-refractivity contribution is 7.15. The van der Waals surface area contributed by atoms with Crippen molar-refractivity contribution in [3.8, 4) is 11.1 Å². The lowest BCUT2D eigenvalue weighted by Gasteiger charge is -2.08. The van der Waals surface area contributed by atoms with E-state index in [9.17, 15) is 4.79 Å². The summed E-state index contributed by atoms with van der Waals surface area (Å²) in [5.41, 5.74) is 9.77. The average Bonchev–Trinajstić information content (AvgIpc) is 2.81. The Bertz CT molecular complexity index is 599. The number of amides is 1. The number of anilines is 1. The molecule has 2 aromatic rings. The van der Waals surface area contributed by atoms with E-state index in [4.69, 9.17) is 5.73 Å². The second-order valence-electron chi connectivity index (χ2n) is 5.02. The lowest BCUT2D eigenvalue weighted by molar-refractivity contribution is 0.0957. The van der Waals surface area contributed by atoms with Crippen LogP contribution in [0.4, 0.5) is 5.00 Å². The smallest absolute Gasteiger partial charge is 0.254 e. The Morgan fingerprint density at radius 2 is 1.95 bits per heavy atom. The standard InChI is InChI=1S/C16H20N2OS/c1-4-18-16(19)14-13(9-20-15(14)17)12-7-5-11(6-8-12)10(2)3/h5-10H,4,17H2,1-3H3,(H,18,19). The van der Waals surface area contributed by atoms with E-state index in [1.165, 1.54) is 16.9 Å². The predicted molar refractivity (Wildman–Crippen MR) is 86.3 cm³/mol. The van der Waals surface area contributed by atoms with Crippen LogP contribution < -0.4 is 11.1 Å². The molecular formula is C16H20N2OS. The Hall–Kier alpha value is -1.81. The van der Waals surface area contributed by atoms with Crippen molar-refractivity contribution in [3.63, 3.8) is 0 Å². The molecule has 0 bridgehead atoms. The SMILES string of the molecule is CCNC(=O)c1c(-c2ccc(C(C)C)cc2)csc1N. The molecule has 0 spiro atoms. The summed E-state index contributed by atoms with van der Waals surface area (Å²) in [7, 11) is 0. The normalized spacial score (nSPS) is 10.8. The van der Waals surface area contributed by atoms with Gasteiger partial charge in [-0.3, -0.25) is 4.79 Å². The highest BCUT2D eigenvalue weighted by Gasteiger charge is 2.18. The van der Waals surface area contributed by atoms with Gasteiger partial charge in [-0.2, -0.15) is 0 Å². The van der Waals surface area contributed by atoms with Gasteiger partial charge < -0.3 is 11.1 Å². The van der Waals surface area contributed by atoms with E-state index in [1.807, 2.05) is 12.3 Å². The van der Waals surface area contributed by atoms with Crippen LogP contribution in [0.5, 0.6) is 0 Å². The van der Waals surface area contributed by atoms with Crippen molar-refractivity contribution in [2.75, 3.05) is 12.3 Å². The Morgan fingerprint density at radius 3 is 2.50 bits per heavy atom. The number of carbonyl (C=O) groups excluding carboxylic acids is 1. The zero-order valence-corrected chi connectivity index (χ0v) is 12.9. The number of benzene rings is 1. The van der Waals surface area contributed by atoms with Gasteiger partial charge in [0, 0.05) is 17.5 Å². The Labute approximate surface area is 123 Å². The molecule has 20 heavy (non-hydrogen) atoms. The van der Waals surface area contributed by atoms with Crippen molar-refractivity contribution < 1.29 is 4.79 Å². The van der Waals surface area contributed by atoms with Crippen LogP contribution in [0.25, 0.3) is 11.1 Å². The zero-order valence-electron chi connectivity index (χ0n) is 12.1. The topological polar surface area (TPSA) is 55.1 Å². The van der Waals surface area contributed by atoms with E-state index in [1.54, 1.807) is 0 Å². The number of nitrogen functional groups attached to an aromatic ring is 1. The van der Waals surface area contributed by atoms with E-state index < -0.39 is 0 Å². The molecule has 0 saturated carbocycles. The quantitative estimate of drug-likeness (QED) is 0.897. The van der Waals surface area contributed by atoms with Gasteiger partial charge in [0.1, 0.15) is 0 Å². The number of hydrogen-bond donors (Lipinski definition) is 2. The van der Waals surface area contributed by atoms with Crippen molar-refractivity contribution in [3.05, 3.63) is 40.8 Å². The molecule has 0 radical (unpaired) electrons. The highest BCUT2D eigenvalue weighted by Crippen LogP contribution is 2.34. The van der Waals surface area contributed by atoms with E-state index in [-0.39, 0.29) is 5.91 Å². The minimum atomic E-state index is -0.103. The largest absolute Gasteiger partial charge is 0.390 e. The van der Waals surface area contributed by atoms with Gasteiger partial charge in [-0.05, 0) is 24.0 Å². The lowest BCUT2D eigenvalue weighted by Crippen LogP contribution is -2.23. The third kappa shape index (κ3) is 2.85. The van der Waals surface area contributed by atoms with Gasteiger partial charge in [-0.15, -0.1) is 11.3 Å². The van der Waals surface area contributed by atoms with E-state index in [0.29, 0.717) is 23.0 Å². The fourth-order valence-electron chi connectivity index (χ4n) is 2.12. The molecule has 106 valence electrons. The molecule has 1 aromatic heterocycles. The van der Waals surface area contributed by atoms with Crippen LogP contribution in [0.1, 0.15) is 42.6 Å². The Morgan fingerprint density at radius 1 is 1.30 bits per heavy atom. The second kappa shape index (κ2) is 6.09. The second-order valence-corrected chi connectivity index (χ2v) is 5.94. The molecule has 1 aromatic carbocycles. The molecule has 0 unspecified atom stereocenters. The van der Waals surface area contributed by atoms with Crippen molar-refractivity contribution in [2.45, 2.75) is 26.7 Å². The summed E-state index contributed by atoms with van der Waals surface area (Å²) in [6, 6.07) is 8.32. The molecule has 0 fully saturated rings. The summed E-state index contributed by atoms with van der Waals surface area (Å²) < 4.78 is 0. The number of nitrogens with one attached hydrogen (secondary N) is 1. The number of rotatable bonds is 4. The van der Waals surface area contributed by atoms with Gasteiger partial charge in [-0.1, -0.05) is 38.1 Å². The molecule has 3 nitrogen and oxygen atoms in total. The summed E-state index contributed by atoms with van der Waals surface area (Å²) in [6.07, 6.45) is 0. The number of nitrogens with two attached hydrogens (primary N) is 1. The van der Waals surface area contributed by atoms with E-state index in [2.05, 4.69) is 43.4 Å². The molecule has 0 aliphatic rings. The maximum Gasteiger partial charge on any atom is 0.254 e. The predicted octanol–water partition coefficient (Wildman–Crippen LogP) is 3.87. The van der Waals surface area contributed by atoms with E-state index >= 15 is 0 Å². The third-order valence-electron chi connectivity index (χ3n) is 3.27. The summed E-state index contributed by atoms with van der Waals surface area (Å²) >= 11 is 1.41. The molecule has 1 amide bonds. The maximum absolute atomic E-state index is 12.1. The first kappa shape index (κ1) is 14.6. The molecule has 0 atom stereocenters. The van der Waals surface area contributed by atoms with Gasteiger partial charge in [0.15, 0.2) is 0 Å². The first-order valence-electron chi connectivity index (χ1n) is 6.80.